The maximum atomic E-state index is 12.9. The number of amides is 2. The highest BCUT2D eigenvalue weighted by atomic mass is 32.2. The van der Waals surface area contributed by atoms with Crippen molar-refractivity contribution < 1.29 is 18.0 Å². The zero-order valence-electron chi connectivity index (χ0n) is 17.8. The molecule has 2 aliphatic rings. The average Bonchev–Trinajstić information content (AvgIpc) is 3.09. The molecular weight excluding hydrogens is 446 g/mol. The molecule has 1 saturated heterocycles. The van der Waals surface area contributed by atoms with Gasteiger partial charge in [-0.3, -0.25) is 9.59 Å². The molecule has 0 aromatic heterocycles. The van der Waals surface area contributed by atoms with E-state index in [1.165, 1.54) is 23.9 Å². The summed E-state index contributed by atoms with van der Waals surface area (Å²) < 4.78 is 27.3. The van der Waals surface area contributed by atoms with Gasteiger partial charge in [-0.05, 0) is 49.2 Å². The Kier molecular flexibility index (Phi) is 7.17. The number of benzene rings is 2. The van der Waals surface area contributed by atoms with Gasteiger partial charge in [0.25, 0.3) is 0 Å². The lowest BCUT2D eigenvalue weighted by molar-refractivity contribution is -0.117. The first-order valence-corrected chi connectivity index (χ1v) is 13.3. The molecule has 0 bridgehead atoms. The van der Waals surface area contributed by atoms with Crippen molar-refractivity contribution in [1.29, 1.82) is 0 Å². The van der Waals surface area contributed by atoms with Crippen LogP contribution in [0.5, 0.6) is 0 Å². The molecule has 9 heteroatoms. The lowest BCUT2D eigenvalue weighted by Gasteiger charge is -2.28. The predicted molar refractivity (Wildman–Crippen MR) is 126 cm³/mol. The molecule has 0 saturated carbocycles. The third-order valence-corrected chi connectivity index (χ3v) is 8.67. The van der Waals surface area contributed by atoms with Crippen LogP contribution in [0.15, 0.2) is 58.3 Å². The molecule has 2 aliphatic heterocycles. The van der Waals surface area contributed by atoms with Crippen molar-refractivity contribution in [1.82, 2.24) is 4.31 Å². The topological polar surface area (TPSA) is 86.8 Å². The van der Waals surface area contributed by atoms with E-state index in [-0.39, 0.29) is 23.1 Å². The summed E-state index contributed by atoms with van der Waals surface area (Å²) in [4.78, 5) is 27.7. The molecule has 170 valence electrons. The van der Waals surface area contributed by atoms with E-state index < -0.39 is 10.0 Å². The van der Waals surface area contributed by atoms with Crippen LogP contribution in [0.3, 0.4) is 0 Å². The smallest absolute Gasteiger partial charge is 0.243 e. The molecule has 0 atom stereocenters. The van der Waals surface area contributed by atoms with Gasteiger partial charge in [0.1, 0.15) is 0 Å². The Morgan fingerprint density at radius 3 is 2.38 bits per heavy atom. The van der Waals surface area contributed by atoms with Crippen molar-refractivity contribution in [3.63, 3.8) is 0 Å². The fourth-order valence-corrected chi connectivity index (χ4v) is 6.43. The molecule has 2 amide bonds. The number of rotatable bonds is 6. The third-order valence-electron chi connectivity index (χ3n) is 5.71. The Hall–Kier alpha value is -2.36. The molecule has 32 heavy (non-hydrogen) atoms. The summed E-state index contributed by atoms with van der Waals surface area (Å²) in [5, 5.41) is 2.80. The SMILES string of the molecule is O=C(CCN1C(=O)CSc2ccccc21)Nc1ccc(S(=O)(=O)N2CCCCCC2)cc1. The van der Waals surface area contributed by atoms with Crippen molar-refractivity contribution >= 4 is 45.0 Å². The van der Waals surface area contributed by atoms with Crippen LogP contribution in [0.25, 0.3) is 0 Å². The number of carbonyl (C=O) groups is 2. The van der Waals surface area contributed by atoms with E-state index in [2.05, 4.69) is 5.32 Å². The van der Waals surface area contributed by atoms with Crippen molar-refractivity contribution in [2.24, 2.45) is 0 Å². The van der Waals surface area contributed by atoms with Gasteiger partial charge < -0.3 is 10.2 Å². The molecule has 1 fully saturated rings. The fraction of sp³-hybridized carbons (Fsp3) is 0.391. The Morgan fingerprint density at radius 1 is 0.969 bits per heavy atom. The van der Waals surface area contributed by atoms with E-state index in [1.54, 1.807) is 21.3 Å². The molecule has 0 unspecified atom stereocenters. The summed E-state index contributed by atoms with van der Waals surface area (Å²) in [6, 6.07) is 14.0. The van der Waals surface area contributed by atoms with Gasteiger partial charge in [-0.25, -0.2) is 8.42 Å². The first-order chi connectivity index (χ1) is 15.4. The highest BCUT2D eigenvalue weighted by Gasteiger charge is 2.26. The molecule has 0 aliphatic carbocycles. The van der Waals surface area contributed by atoms with Gasteiger partial charge in [-0.1, -0.05) is 25.0 Å². The van der Waals surface area contributed by atoms with E-state index in [9.17, 15) is 18.0 Å². The summed E-state index contributed by atoms with van der Waals surface area (Å²) in [6.07, 6.45) is 4.04. The highest BCUT2D eigenvalue weighted by Crippen LogP contribution is 2.34. The van der Waals surface area contributed by atoms with Crippen molar-refractivity contribution in [3.8, 4) is 0 Å². The van der Waals surface area contributed by atoms with Crippen LogP contribution in [0.1, 0.15) is 32.1 Å². The number of carbonyl (C=O) groups excluding carboxylic acids is 2. The van der Waals surface area contributed by atoms with Gasteiger partial charge in [0.05, 0.1) is 16.3 Å². The number of nitrogens with zero attached hydrogens (tertiary/aromatic N) is 2. The van der Waals surface area contributed by atoms with Crippen molar-refractivity contribution in [3.05, 3.63) is 48.5 Å². The molecule has 2 aromatic carbocycles. The summed E-state index contributed by atoms with van der Waals surface area (Å²) in [5.74, 6) is 0.132. The lowest BCUT2D eigenvalue weighted by atomic mass is 10.2. The largest absolute Gasteiger partial charge is 0.326 e. The Labute approximate surface area is 193 Å². The summed E-state index contributed by atoms with van der Waals surface area (Å²) in [7, 11) is -3.52. The highest BCUT2D eigenvalue weighted by molar-refractivity contribution is 8.00. The summed E-state index contributed by atoms with van der Waals surface area (Å²) in [6.45, 7) is 1.40. The number of sulfonamides is 1. The quantitative estimate of drug-likeness (QED) is 0.691. The third kappa shape index (κ3) is 5.16. The van der Waals surface area contributed by atoms with Gasteiger partial charge in [-0.2, -0.15) is 4.31 Å². The molecule has 4 rings (SSSR count). The van der Waals surface area contributed by atoms with E-state index in [4.69, 9.17) is 0 Å². The fourth-order valence-electron chi connectivity index (χ4n) is 3.98. The summed E-state index contributed by atoms with van der Waals surface area (Å²) >= 11 is 1.51. The lowest BCUT2D eigenvalue weighted by Crippen LogP contribution is -2.37. The second-order valence-corrected chi connectivity index (χ2v) is 10.9. The van der Waals surface area contributed by atoms with E-state index in [0.717, 1.165) is 36.3 Å². The number of anilines is 2. The standard InChI is InChI=1S/C23H27N3O4S2/c27-22(13-16-26-20-7-3-4-8-21(20)31-17-23(26)28)24-18-9-11-19(12-10-18)32(29,30)25-14-5-1-2-6-15-25/h3-4,7-12H,1-2,5-6,13-17H2,(H,24,27). The number of hydrogen-bond acceptors (Lipinski definition) is 5. The van der Waals surface area contributed by atoms with Crippen LogP contribution in [-0.2, 0) is 19.6 Å². The van der Waals surface area contributed by atoms with E-state index in [1.807, 2.05) is 24.3 Å². The van der Waals surface area contributed by atoms with Crippen LogP contribution < -0.4 is 10.2 Å². The Bertz CT molecular complexity index is 1080. The predicted octanol–water partition coefficient (Wildman–Crippen LogP) is 3.72. The van der Waals surface area contributed by atoms with Gasteiger partial charge in [0.2, 0.25) is 21.8 Å². The van der Waals surface area contributed by atoms with E-state index >= 15 is 0 Å². The maximum Gasteiger partial charge on any atom is 0.243 e. The van der Waals surface area contributed by atoms with Crippen LogP contribution in [0.4, 0.5) is 11.4 Å². The minimum atomic E-state index is -3.52. The Balaban J connectivity index is 1.36. The molecule has 2 aromatic rings. The van der Waals surface area contributed by atoms with Crippen LogP contribution >= 0.6 is 11.8 Å². The molecule has 7 nitrogen and oxygen atoms in total. The monoisotopic (exact) mass is 473 g/mol. The molecule has 1 N–H and O–H groups in total. The number of thioether (sulfide) groups is 1. The minimum absolute atomic E-state index is 0.00966. The molecular formula is C23H27N3O4S2. The van der Waals surface area contributed by atoms with E-state index in [0.29, 0.717) is 31.1 Å². The zero-order chi connectivity index (χ0) is 22.6. The zero-order valence-corrected chi connectivity index (χ0v) is 19.5. The first kappa shape index (κ1) is 22.8. The second kappa shape index (κ2) is 10.1. The Morgan fingerprint density at radius 2 is 1.66 bits per heavy atom. The van der Waals surface area contributed by atoms with Gasteiger partial charge in [0, 0.05) is 36.6 Å². The minimum Gasteiger partial charge on any atom is -0.326 e. The average molecular weight is 474 g/mol. The van der Waals surface area contributed by atoms with Crippen LogP contribution in [0, 0.1) is 0 Å². The van der Waals surface area contributed by atoms with Crippen LogP contribution in [0.2, 0.25) is 0 Å². The number of nitrogens with one attached hydrogen (secondary N) is 1. The number of para-hydroxylation sites is 1. The maximum absolute atomic E-state index is 12.9. The first-order valence-electron chi connectivity index (χ1n) is 10.9. The van der Waals surface area contributed by atoms with Crippen molar-refractivity contribution in [2.45, 2.75) is 41.9 Å². The van der Waals surface area contributed by atoms with Crippen LogP contribution in [-0.4, -0.2) is 49.9 Å². The summed E-state index contributed by atoms with van der Waals surface area (Å²) in [5.41, 5.74) is 1.37. The number of hydrogen-bond donors (Lipinski definition) is 1. The molecule has 0 spiro atoms. The molecule has 2 heterocycles. The molecule has 0 radical (unpaired) electrons. The second-order valence-electron chi connectivity index (χ2n) is 7.94. The number of fused-ring (bicyclic) bond motifs is 1. The van der Waals surface area contributed by atoms with Gasteiger partial charge in [-0.15, -0.1) is 11.8 Å². The van der Waals surface area contributed by atoms with Crippen molar-refractivity contribution in [2.75, 3.05) is 35.6 Å². The van der Waals surface area contributed by atoms with Gasteiger partial charge >= 0.3 is 0 Å². The van der Waals surface area contributed by atoms with Gasteiger partial charge in [0.15, 0.2) is 0 Å². The normalized spacial score (nSPS) is 17.5.